The van der Waals surface area contributed by atoms with Crippen molar-refractivity contribution in [3.63, 3.8) is 0 Å². The zero-order chi connectivity index (χ0) is 35.3. The number of ether oxygens (including phenoxy) is 2. The van der Waals surface area contributed by atoms with Crippen LogP contribution >= 0.6 is 10.0 Å². The van der Waals surface area contributed by atoms with Crippen LogP contribution in [0.2, 0.25) is 0 Å². The highest BCUT2D eigenvalue weighted by atomic mass is 32.3. The van der Waals surface area contributed by atoms with Gasteiger partial charge in [0.1, 0.15) is 18.4 Å². The van der Waals surface area contributed by atoms with Crippen LogP contribution in [0.25, 0.3) is 11.1 Å². The Morgan fingerprint density at radius 3 is 1.84 bits per heavy atom. The van der Waals surface area contributed by atoms with E-state index in [1.807, 2.05) is 61.5 Å². The number of benzene rings is 5. The molecule has 7 heteroatoms. The van der Waals surface area contributed by atoms with Crippen molar-refractivity contribution in [3.8, 4) is 16.9 Å². The Kier molecular flexibility index (Phi) is 10.3. The third-order valence-corrected chi connectivity index (χ3v) is 14.6. The summed E-state index contributed by atoms with van der Waals surface area (Å²) in [6, 6.07) is 42.3. The van der Waals surface area contributed by atoms with Gasteiger partial charge in [-0.3, -0.25) is 0 Å². The van der Waals surface area contributed by atoms with Crippen LogP contribution in [0.15, 0.2) is 137 Å². The molecule has 5 aromatic rings. The van der Waals surface area contributed by atoms with E-state index in [4.69, 9.17) is 9.47 Å². The minimum absolute atomic E-state index is 0.0238. The highest BCUT2D eigenvalue weighted by Crippen LogP contribution is 2.70. The fraction of sp³-hybridized carbons (Fsp3) is 0.256. The van der Waals surface area contributed by atoms with Gasteiger partial charge >= 0.3 is 12.1 Å². The molecule has 1 aliphatic rings. The summed E-state index contributed by atoms with van der Waals surface area (Å²) in [7, 11) is -1.48. The lowest BCUT2D eigenvalue weighted by Gasteiger charge is -2.51. The predicted molar refractivity (Wildman–Crippen MR) is 202 cm³/mol. The maximum Gasteiger partial charge on any atom is 0.407 e. The molecule has 1 aliphatic carbocycles. The minimum atomic E-state index is -1.48. The van der Waals surface area contributed by atoms with Gasteiger partial charge in [-0.2, -0.15) is 10.0 Å². The van der Waals surface area contributed by atoms with Crippen LogP contribution in [0.4, 0.5) is 4.79 Å². The first-order chi connectivity index (χ1) is 24.1. The average Bonchev–Trinajstić information content (AvgIpc) is 3.43. The van der Waals surface area contributed by atoms with Crippen molar-refractivity contribution in [2.24, 2.45) is 0 Å². The molecule has 0 spiro atoms. The first kappa shape index (κ1) is 34.8. The number of amides is 1. The molecule has 1 atom stereocenters. The molecule has 2 N–H and O–H groups in total. The van der Waals surface area contributed by atoms with Gasteiger partial charge in [-0.1, -0.05) is 118 Å². The third-order valence-electron chi connectivity index (χ3n) is 9.60. The number of aryl methyl sites for hydroxylation is 1. The Bertz CT molecular complexity index is 1870. The number of carbonyl (C=O) groups excluding carboxylic acids is 1. The zero-order valence-corrected chi connectivity index (χ0v) is 29.9. The van der Waals surface area contributed by atoms with Crippen molar-refractivity contribution in [1.82, 2.24) is 5.32 Å². The van der Waals surface area contributed by atoms with Gasteiger partial charge in [-0.05, 0) is 85.2 Å². The SMILES string of the molecule is Cc1cc(C[C@@H](NC(=O)OCC2c3ccccc3-c3ccccc32)C(=O)O)ccc1OCCS(c1ccccc1)(c1ccccc1)C(C)(C)C. The molecule has 6 nitrogen and oxygen atoms in total. The smallest absolute Gasteiger partial charge is 0.407 e. The first-order valence-electron chi connectivity index (χ1n) is 17.1. The number of aliphatic carboxylic acids is 1. The van der Waals surface area contributed by atoms with Crippen LogP contribution in [0.3, 0.4) is 0 Å². The van der Waals surface area contributed by atoms with Gasteiger partial charge in [0.05, 0.1) is 6.61 Å². The molecule has 50 heavy (non-hydrogen) atoms. The standard InChI is InChI=1S/C43H45NO5S/c1-30-27-31(23-24-40(30)48-25-26-50(43(2,3)4,32-15-7-5-8-16-32)33-17-9-6-10-18-33)28-39(41(45)46)44-42(47)49-29-38-36-21-13-11-19-34(36)35-20-12-14-22-37(35)38/h5-24,27,38-39H,25-26,28-29H2,1-4H3,(H,44,47)(H,45,46)/t39-/m1/s1. The number of alkyl carbamates (subject to hydrolysis) is 1. The van der Waals surface area contributed by atoms with E-state index in [1.54, 1.807) is 0 Å². The van der Waals surface area contributed by atoms with E-state index in [1.165, 1.54) is 9.79 Å². The second kappa shape index (κ2) is 14.9. The number of hydrogen-bond acceptors (Lipinski definition) is 4. The van der Waals surface area contributed by atoms with E-state index < -0.39 is 28.1 Å². The quantitative estimate of drug-likeness (QED) is 0.136. The van der Waals surface area contributed by atoms with Gasteiger partial charge in [0.2, 0.25) is 0 Å². The maximum absolute atomic E-state index is 12.9. The molecule has 0 fully saturated rings. The Morgan fingerprint density at radius 2 is 1.32 bits per heavy atom. The lowest BCUT2D eigenvalue weighted by molar-refractivity contribution is -0.139. The zero-order valence-electron chi connectivity index (χ0n) is 29.1. The lowest BCUT2D eigenvalue weighted by atomic mass is 9.98. The second-order valence-electron chi connectivity index (χ2n) is 13.7. The van der Waals surface area contributed by atoms with Crippen LogP contribution in [-0.2, 0) is 16.0 Å². The molecule has 0 aliphatic heterocycles. The molecule has 5 aromatic carbocycles. The number of fused-ring (bicyclic) bond motifs is 3. The van der Waals surface area contributed by atoms with Crippen molar-refractivity contribution in [3.05, 3.63) is 150 Å². The maximum atomic E-state index is 12.9. The molecule has 0 saturated heterocycles. The summed E-state index contributed by atoms with van der Waals surface area (Å²) in [5.74, 6) is 0.368. The van der Waals surface area contributed by atoms with Gasteiger partial charge in [0.25, 0.3) is 0 Å². The van der Waals surface area contributed by atoms with Crippen LogP contribution < -0.4 is 10.1 Å². The average molecular weight is 688 g/mol. The summed E-state index contributed by atoms with van der Waals surface area (Å²) < 4.78 is 12.1. The van der Waals surface area contributed by atoms with E-state index in [-0.39, 0.29) is 23.7 Å². The summed E-state index contributed by atoms with van der Waals surface area (Å²) >= 11 is 0. The number of nitrogens with one attached hydrogen (secondary N) is 1. The fourth-order valence-corrected chi connectivity index (χ4v) is 11.5. The topological polar surface area (TPSA) is 84.9 Å². The number of hydrogen-bond donors (Lipinski definition) is 2. The fourth-order valence-electron chi connectivity index (χ4n) is 7.19. The largest absolute Gasteiger partial charge is 0.492 e. The molecule has 0 bridgehead atoms. The van der Waals surface area contributed by atoms with E-state index in [2.05, 4.69) is 98.9 Å². The van der Waals surface area contributed by atoms with Crippen LogP contribution in [0.1, 0.15) is 48.9 Å². The molecule has 0 aromatic heterocycles. The number of carboxylic acids is 1. The van der Waals surface area contributed by atoms with Gasteiger partial charge < -0.3 is 19.9 Å². The predicted octanol–water partition coefficient (Wildman–Crippen LogP) is 9.63. The van der Waals surface area contributed by atoms with Gasteiger partial charge in [0, 0.05) is 18.1 Å². The summed E-state index contributed by atoms with van der Waals surface area (Å²) in [6.45, 7) is 9.56. The van der Waals surface area contributed by atoms with Crippen molar-refractivity contribution < 1.29 is 24.2 Å². The van der Waals surface area contributed by atoms with E-state index >= 15 is 0 Å². The van der Waals surface area contributed by atoms with E-state index in [9.17, 15) is 14.7 Å². The van der Waals surface area contributed by atoms with Crippen molar-refractivity contribution in [1.29, 1.82) is 0 Å². The molecule has 0 heterocycles. The third kappa shape index (κ3) is 7.15. The Hall–Kier alpha value is -5.01. The monoisotopic (exact) mass is 687 g/mol. The highest BCUT2D eigenvalue weighted by Gasteiger charge is 2.40. The number of carboxylic acid groups (broad SMARTS) is 1. The van der Waals surface area contributed by atoms with Crippen molar-refractivity contribution >= 4 is 22.1 Å². The molecule has 0 saturated carbocycles. The van der Waals surface area contributed by atoms with Gasteiger partial charge in [0.15, 0.2) is 0 Å². The van der Waals surface area contributed by atoms with Crippen LogP contribution in [0, 0.1) is 6.92 Å². The Morgan fingerprint density at radius 1 is 0.780 bits per heavy atom. The molecule has 6 rings (SSSR count). The van der Waals surface area contributed by atoms with E-state index in [0.717, 1.165) is 44.9 Å². The molecule has 258 valence electrons. The molecule has 1 amide bonds. The van der Waals surface area contributed by atoms with Crippen molar-refractivity contribution in [2.75, 3.05) is 19.0 Å². The van der Waals surface area contributed by atoms with E-state index in [0.29, 0.717) is 6.61 Å². The minimum Gasteiger partial charge on any atom is -0.492 e. The van der Waals surface area contributed by atoms with Crippen LogP contribution in [-0.4, -0.2) is 46.9 Å². The van der Waals surface area contributed by atoms with Crippen molar-refractivity contribution in [2.45, 2.75) is 60.6 Å². The van der Waals surface area contributed by atoms with Crippen LogP contribution in [0.5, 0.6) is 5.75 Å². The van der Waals surface area contributed by atoms with Gasteiger partial charge in [-0.15, -0.1) is 0 Å². The summed E-state index contributed by atoms with van der Waals surface area (Å²) in [4.78, 5) is 27.8. The molecular weight excluding hydrogens is 643 g/mol. The number of carbonyl (C=O) groups is 2. The molecule has 0 unspecified atom stereocenters. The highest BCUT2D eigenvalue weighted by molar-refractivity contribution is 8.34. The molecule has 0 radical (unpaired) electrons. The Labute approximate surface area is 296 Å². The summed E-state index contributed by atoms with van der Waals surface area (Å²) in [6.07, 6.45) is -0.641. The Balaban J connectivity index is 1.10. The number of rotatable bonds is 12. The van der Waals surface area contributed by atoms with Gasteiger partial charge in [-0.25, -0.2) is 9.59 Å². The lowest BCUT2D eigenvalue weighted by Crippen LogP contribution is -2.42. The normalized spacial score (nSPS) is 13.5. The molecular formula is C43H45NO5S. The summed E-state index contributed by atoms with van der Waals surface area (Å²) in [5, 5.41) is 12.6. The first-order valence-corrected chi connectivity index (χ1v) is 18.9. The second-order valence-corrected chi connectivity index (χ2v) is 17.7. The summed E-state index contributed by atoms with van der Waals surface area (Å²) in [5.41, 5.74) is 6.14.